The molecule has 9 heteroatoms. The van der Waals surface area contributed by atoms with Crippen molar-refractivity contribution in [3.63, 3.8) is 0 Å². The van der Waals surface area contributed by atoms with Crippen LogP contribution in [0.25, 0.3) is 0 Å². The number of hydrogen-bond acceptors (Lipinski definition) is 4. The maximum Gasteiger partial charge on any atom is 0.192 e. The first-order valence-corrected chi connectivity index (χ1v) is 10.8. The van der Waals surface area contributed by atoms with Crippen LogP contribution in [-0.4, -0.2) is 51.3 Å². The normalized spacial score (nSPS) is 17.7. The number of nitrogens with zero attached hydrogens (tertiary/aromatic N) is 5. The highest BCUT2D eigenvalue weighted by atomic mass is 35.5. The number of nitrogens with one attached hydrogen (secondary N) is 2. The average Bonchev–Trinajstić information content (AvgIpc) is 3.29. The zero-order chi connectivity index (χ0) is 20.8. The van der Waals surface area contributed by atoms with E-state index in [9.17, 15) is 0 Å². The van der Waals surface area contributed by atoms with Crippen LogP contribution >= 0.6 is 23.2 Å². The number of guanidine groups is 1. The van der Waals surface area contributed by atoms with E-state index in [0.29, 0.717) is 29.2 Å². The van der Waals surface area contributed by atoms with Crippen LogP contribution in [-0.2, 0) is 20.1 Å². The molecule has 1 aromatic heterocycles. The number of hydrogen-bond donors (Lipinski definition) is 2. The number of aliphatic imine (C=N–C) groups is 1. The van der Waals surface area contributed by atoms with Crippen molar-refractivity contribution in [3.05, 3.63) is 45.5 Å². The summed E-state index contributed by atoms with van der Waals surface area (Å²) in [5.74, 6) is 2.47. The summed E-state index contributed by atoms with van der Waals surface area (Å²) >= 11 is 12.3. The Balaban J connectivity index is 1.68. The number of halogens is 2. The van der Waals surface area contributed by atoms with Crippen molar-refractivity contribution in [2.24, 2.45) is 12.0 Å². The first-order chi connectivity index (χ1) is 14.0. The van der Waals surface area contributed by atoms with Gasteiger partial charge in [-0.25, -0.2) is 4.99 Å². The van der Waals surface area contributed by atoms with Gasteiger partial charge in [0, 0.05) is 29.7 Å². The van der Waals surface area contributed by atoms with E-state index < -0.39 is 0 Å². The molecule has 0 aliphatic carbocycles. The first-order valence-electron chi connectivity index (χ1n) is 10.0. The Hall–Kier alpha value is -1.83. The van der Waals surface area contributed by atoms with Crippen molar-refractivity contribution in [3.8, 4) is 0 Å². The lowest BCUT2D eigenvalue weighted by Gasteiger charge is -2.24. The summed E-state index contributed by atoms with van der Waals surface area (Å²) < 4.78 is 1.97. The number of aromatic nitrogens is 3. The number of likely N-dealkylation sites (N-methyl/N-ethyl adjacent to an activating group) is 1. The third-order valence-corrected chi connectivity index (χ3v) is 6.02. The van der Waals surface area contributed by atoms with Gasteiger partial charge in [0.1, 0.15) is 5.82 Å². The molecule has 1 fully saturated rings. The SMILES string of the molecule is CCN1CCCC1CNC(=NCc1ccc(Cl)cc1Cl)NCc1nnc(C)n1C. The van der Waals surface area contributed by atoms with Crippen LogP contribution in [0.2, 0.25) is 10.0 Å². The van der Waals surface area contributed by atoms with E-state index in [1.54, 1.807) is 6.07 Å². The topological polar surface area (TPSA) is 70.4 Å². The van der Waals surface area contributed by atoms with E-state index in [0.717, 1.165) is 36.3 Å². The Bertz CT molecular complexity index is 849. The minimum Gasteiger partial charge on any atom is -0.355 e. The number of aryl methyl sites for hydroxylation is 1. The maximum atomic E-state index is 6.31. The lowest BCUT2D eigenvalue weighted by Crippen LogP contribution is -2.44. The minimum absolute atomic E-state index is 0.464. The standard InChI is InChI=1S/C20H29Cl2N7/c1-4-29-9-5-6-17(29)12-24-20(25-13-19-27-26-14(2)28(19)3)23-11-15-7-8-16(21)10-18(15)22/h7-8,10,17H,4-6,9,11-13H2,1-3H3,(H2,23,24,25). The fourth-order valence-corrected chi connectivity index (χ4v) is 3.98. The molecule has 2 aromatic rings. The van der Waals surface area contributed by atoms with E-state index in [4.69, 9.17) is 28.2 Å². The van der Waals surface area contributed by atoms with E-state index in [1.807, 2.05) is 30.7 Å². The van der Waals surface area contributed by atoms with Gasteiger partial charge in [0.25, 0.3) is 0 Å². The summed E-state index contributed by atoms with van der Waals surface area (Å²) in [5.41, 5.74) is 0.933. The van der Waals surface area contributed by atoms with Crippen molar-refractivity contribution in [1.82, 2.24) is 30.3 Å². The van der Waals surface area contributed by atoms with Crippen LogP contribution in [0.4, 0.5) is 0 Å². The predicted molar refractivity (Wildman–Crippen MR) is 118 cm³/mol. The largest absolute Gasteiger partial charge is 0.355 e. The van der Waals surface area contributed by atoms with Gasteiger partial charge in [0.15, 0.2) is 11.8 Å². The molecule has 2 heterocycles. The second-order valence-corrected chi connectivity index (χ2v) is 8.13. The first kappa shape index (κ1) is 21.9. The third kappa shape index (κ3) is 5.84. The van der Waals surface area contributed by atoms with Crippen LogP contribution < -0.4 is 10.6 Å². The smallest absolute Gasteiger partial charge is 0.192 e. The highest BCUT2D eigenvalue weighted by molar-refractivity contribution is 6.35. The van der Waals surface area contributed by atoms with Gasteiger partial charge in [-0.1, -0.05) is 36.2 Å². The Morgan fingerprint density at radius 1 is 1.28 bits per heavy atom. The van der Waals surface area contributed by atoms with Crippen molar-refractivity contribution in [2.75, 3.05) is 19.6 Å². The molecule has 0 radical (unpaired) electrons. The zero-order valence-electron chi connectivity index (χ0n) is 17.3. The second-order valence-electron chi connectivity index (χ2n) is 7.28. The molecule has 1 aromatic carbocycles. The Labute approximate surface area is 182 Å². The fourth-order valence-electron chi connectivity index (χ4n) is 3.51. The van der Waals surface area contributed by atoms with E-state index in [1.165, 1.54) is 19.4 Å². The monoisotopic (exact) mass is 437 g/mol. The Morgan fingerprint density at radius 2 is 2.10 bits per heavy atom. The van der Waals surface area contributed by atoms with E-state index in [-0.39, 0.29) is 0 Å². The van der Waals surface area contributed by atoms with Crippen molar-refractivity contribution in [1.29, 1.82) is 0 Å². The molecule has 1 atom stereocenters. The minimum atomic E-state index is 0.464. The van der Waals surface area contributed by atoms with Crippen LogP contribution in [0, 0.1) is 6.92 Å². The van der Waals surface area contributed by atoms with Crippen LogP contribution in [0.3, 0.4) is 0 Å². The van der Waals surface area contributed by atoms with Crippen LogP contribution in [0.15, 0.2) is 23.2 Å². The fraction of sp³-hybridized carbons (Fsp3) is 0.550. The lowest BCUT2D eigenvalue weighted by atomic mass is 10.2. The Morgan fingerprint density at radius 3 is 2.79 bits per heavy atom. The molecule has 7 nitrogen and oxygen atoms in total. The summed E-state index contributed by atoms with van der Waals surface area (Å²) in [5, 5.41) is 16.4. The van der Waals surface area contributed by atoms with Gasteiger partial charge in [-0.2, -0.15) is 0 Å². The molecule has 1 aliphatic heterocycles. The number of likely N-dealkylation sites (tertiary alicyclic amines) is 1. The summed E-state index contributed by atoms with van der Waals surface area (Å²) in [7, 11) is 1.96. The molecule has 1 unspecified atom stereocenters. The van der Waals surface area contributed by atoms with Crippen LogP contribution in [0.1, 0.15) is 37.0 Å². The van der Waals surface area contributed by atoms with Gasteiger partial charge in [0.05, 0.1) is 13.1 Å². The van der Waals surface area contributed by atoms with Crippen molar-refractivity contribution < 1.29 is 0 Å². The Kier molecular flexibility index (Phi) is 7.75. The lowest BCUT2D eigenvalue weighted by molar-refractivity contribution is 0.267. The average molecular weight is 438 g/mol. The van der Waals surface area contributed by atoms with Gasteiger partial charge in [-0.05, 0) is 50.6 Å². The zero-order valence-corrected chi connectivity index (χ0v) is 18.8. The summed E-state index contributed by atoms with van der Waals surface area (Å²) in [6, 6.07) is 6.02. The van der Waals surface area contributed by atoms with Gasteiger partial charge >= 0.3 is 0 Å². The van der Waals surface area contributed by atoms with E-state index >= 15 is 0 Å². The second kappa shape index (κ2) is 10.3. The molecule has 1 aliphatic rings. The van der Waals surface area contributed by atoms with Crippen molar-refractivity contribution in [2.45, 2.75) is 45.8 Å². The summed E-state index contributed by atoms with van der Waals surface area (Å²) in [6.07, 6.45) is 2.46. The molecule has 0 bridgehead atoms. The molecule has 3 rings (SSSR count). The highest BCUT2D eigenvalue weighted by Crippen LogP contribution is 2.21. The molecule has 1 saturated heterocycles. The summed E-state index contributed by atoms with van der Waals surface area (Å²) in [6.45, 7) is 8.25. The van der Waals surface area contributed by atoms with Crippen LogP contribution in [0.5, 0.6) is 0 Å². The number of benzene rings is 1. The third-order valence-electron chi connectivity index (χ3n) is 5.43. The molecular formula is C20H29Cl2N7. The quantitative estimate of drug-likeness (QED) is 0.514. The highest BCUT2D eigenvalue weighted by Gasteiger charge is 2.22. The van der Waals surface area contributed by atoms with Gasteiger partial charge in [0.2, 0.25) is 0 Å². The van der Waals surface area contributed by atoms with Crippen molar-refractivity contribution >= 4 is 29.2 Å². The molecule has 0 saturated carbocycles. The molecule has 0 amide bonds. The van der Waals surface area contributed by atoms with Gasteiger partial charge in [-0.15, -0.1) is 10.2 Å². The molecule has 29 heavy (non-hydrogen) atoms. The molecule has 0 spiro atoms. The maximum absolute atomic E-state index is 6.31. The summed E-state index contributed by atoms with van der Waals surface area (Å²) in [4.78, 5) is 7.25. The van der Waals surface area contributed by atoms with E-state index in [2.05, 4.69) is 32.7 Å². The molecular weight excluding hydrogens is 409 g/mol. The molecule has 158 valence electrons. The van der Waals surface area contributed by atoms with Gasteiger partial charge in [-0.3, -0.25) is 4.90 Å². The predicted octanol–water partition coefficient (Wildman–Crippen LogP) is 3.15. The van der Waals surface area contributed by atoms with Gasteiger partial charge < -0.3 is 15.2 Å². The molecule has 2 N–H and O–H groups in total. The number of rotatable bonds is 7.